The van der Waals surface area contributed by atoms with E-state index < -0.39 is 5.97 Å². The summed E-state index contributed by atoms with van der Waals surface area (Å²) in [6.07, 6.45) is 8.88. The van der Waals surface area contributed by atoms with Crippen molar-refractivity contribution >= 4 is 5.97 Å². The molecule has 2 N–H and O–H groups in total. The van der Waals surface area contributed by atoms with Gasteiger partial charge in [-0.05, 0) is 32.1 Å². The number of carbonyl (C=O) groups is 1. The van der Waals surface area contributed by atoms with E-state index in [-0.39, 0.29) is 5.60 Å². The second-order valence-electron chi connectivity index (χ2n) is 4.19. The van der Waals surface area contributed by atoms with Crippen LogP contribution in [0.4, 0.5) is 0 Å². The Morgan fingerprint density at radius 2 is 2.14 bits per heavy atom. The fourth-order valence-electron chi connectivity index (χ4n) is 2.09. The zero-order valence-electron chi connectivity index (χ0n) is 8.62. The molecular weight excluding hydrogens is 180 g/mol. The number of aliphatic carboxylic acids is 1. The molecule has 3 heteroatoms. The summed E-state index contributed by atoms with van der Waals surface area (Å²) in [5.41, 5.74) is 1.19. The Morgan fingerprint density at radius 3 is 2.79 bits per heavy atom. The number of carboxylic acids is 1. The molecule has 0 aromatic heterocycles. The van der Waals surface area contributed by atoms with Crippen LogP contribution in [-0.4, -0.2) is 21.8 Å². The largest absolute Gasteiger partial charge is 0.481 e. The topological polar surface area (TPSA) is 57.5 Å². The standard InChI is InChI=1S/C9H14O.C2H4O2/c10-9-5-2-1-3-8(7-9)4-6-9;1-2(3)4/h4,10H,1-3,5-7H2;1H3,(H,3,4). The number of carboxylic acid groups (broad SMARTS) is 1. The van der Waals surface area contributed by atoms with Crippen molar-refractivity contribution in [3.05, 3.63) is 11.6 Å². The molecule has 0 radical (unpaired) electrons. The first-order valence-corrected chi connectivity index (χ1v) is 5.12. The van der Waals surface area contributed by atoms with Gasteiger partial charge in [-0.2, -0.15) is 0 Å². The van der Waals surface area contributed by atoms with Gasteiger partial charge in [0.2, 0.25) is 0 Å². The van der Waals surface area contributed by atoms with Gasteiger partial charge in [0, 0.05) is 6.92 Å². The molecule has 80 valence electrons. The molecule has 0 amide bonds. The fourth-order valence-corrected chi connectivity index (χ4v) is 2.09. The molecule has 0 aliphatic heterocycles. The van der Waals surface area contributed by atoms with Crippen LogP contribution in [0.2, 0.25) is 0 Å². The van der Waals surface area contributed by atoms with E-state index in [0.29, 0.717) is 0 Å². The lowest BCUT2D eigenvalue weighted by atomic mass is 9.96. The molecule has 2 bridgehead atoms. The first-order valence-electron chi connectivity index (χ1n) is 5.12. The van der Waals surface area contributed by atoms with Crippen LogP contribution in [0.5, 0.6) is 0 Å². The van der Waals surface area contributed by atoms with Crippen LogP contribution in [0.25, 0.3) is 0 Å². The first kappa shape index (κ1) is 11.2. The Labute approximate surface area is 84.4 Å². The van der Waals surface area contributed by atoms with Gasteiger partial charge in [-0.25, -0.2) is 0 Å². The molecule has 0 heterocycles. The summed E-state index contributed by atoms with van der Waals surface area (Å²) in [7, 11) is 0. The number of hydrogen-bond acceptors (Lipinski definition) is 2. The Kier molecular flexibility index (Phi) is 3.69. The zero-order chi connectivity index (χ0) is 10.6. The molecule has 2 aliphatic carbocycles. The molecule has 1 unspecified atom stereocenters. The van der Waals surface area contributed by atoms with E-state index in [1.807, 2.05) is 0 Å². The van der Waals surface area contributed by atoms with Crippen LogP contribution in [0.1, 0.15) is 45.4 Å². The molecule has 0 aromatic carbocycles. The minimum absolute atomic E-state index is 0.314. The lowest BCUT2D eigenvalue weighted by molar-refractivity contribution is -0.134. The van der Waals surface area contributed by atoms with E-state index in [1.165, 1.54) is 24.8 Å². The third-order valence-corrected chi connectivity index (χ3v) is 2.72. The highest BCUT2D eigenvalue weighted by Gasteiger charge is 2.32. The number of hydrogen-bond donors (Lipinski definition) is 2. The molecular formula is C11H18O3. The van der Waals surface area contributed by atoms with E-state index in [1.54, 1.807) is 0 Å². The second kappa shape index (κ2) is 4.60. The van der Waals surface area contributed by atoms with Crippen LogP contribution in [0, 0.1) is 0 Å². The summed E-state index contributed by atoms with van der Waals surface area (Å²) >= 11 is 0. The lowest BCUT2D eigenvalue weighted by Crippen LogP contribution is -2.23. The summed E-state index contributed by atoms with van der Waals surface area (Å²) in [5, 5.41) is 17.3. The van der Waals surface area contributed by atoms with Gasteiger partial charge < -0.3 is 10.2 Å². The highest BCUT2D eigenvalue weighted by Crippen LogP contribution is 2.38. The summed E-state index contributed by atoms with van der Waals surface area (Å²) in [4.78, 5) is 9.00. The minimum atomic E-state index is -0.833. The maximum Gasteiger partial charge on any atom is 0.300 e. The lowest BCUT2D eigenvalue weighted by Gasteiger charge is -2.20. The normalized spacial score (nSPS) is 29.7. The fraction of sp³-hybridized carbons (Fsp3) is 0.727. The summed E-state index contributed by atoms with van der Waals surface area (Å²) in [6.45, 7) is 1.08. The molecule has 3 nitrogen and oxygen atoms in total. The minimum Gasteiger partial charge on any atom is -0.481 e. The van der Waals surface area contributed by atoms with Crippen LogP contribution in [0.3, 0.4) is 0 Å². The third kappa shape index (κ3) is 3.50. The third-order valence-electron chi connectivity index (χ3n) is 2.72. The molecule has 0 spiro atoms. The van der Waals surface area contributed by atoms with Crippen molar-refractivity contribution in [2.24, 2.45) is 0 Å². The smallest absolute Gasteiger partial charge is 0.300 e. The van der Waals surface area contributed by atoms with E-state index in [4.69, 9.17) is 9.90 Å². The van der Waals surface area contributed by atoms with Gasteiger partial charge in [-0.3, -0.25) is 4.79 Å². The van der Waals surface area contributed by atoms with Gasteiger partial charge in [0.1, 0.15) is 0 Å². The SMILES string of the molecule is CC(=O)O.OC12CC=C(CCCC1)C2. The maximum atomic E-state index is 9.85. The molecule has 1 fully saturated rings. The predicted molar refractivity (Wildman–Crippen MR) is 54.0 cm³/mol. The highest BCUT2D eigenvalue weighted by atomic mass is 16.4. The van der Waals surface area contributed by atoms with Gasteiger partial charge in [-0.1, -0.05) is 18.1 Å². The predicted octanol–water partition coefficient (Wildman–Crippen LogP) is 2.10. The van der Waals surface area contributed by atoms with Crippen molar-refractivity contribution in [3.8, 4) is 0 Å². The molecule has 2 rings (SSSR count). The van der Waals surface area contributed by atoms with Crippen LogP contribution < -0.4 is 0 Å². The Hall–Kier alpha value is -0.830. The summed E-state index contributed by atoms with van der Waals surface area (Å²) in [6, 6.07) is 0. The van der Waals surface area contributed by atoms with Gasteiger partial charge in [-0.15, -0.1) is 0 Å². The van der Waals surface area contributed by atoms with Crippen molar-refractivity contribution < 1.29 is 15.0 Å². The quantitative estimate of drug-likeness (QED) is 0.586. The molecule has 1 saturated carbocycles. The van der Waals surface area contributed by atoms with Crippen LogP contribution >= 0.6 is 0 Å². The maximum absolute atomic E-state index is 9.85. The number of aliphatic hydroxyl groups is 1. The van der Waals surface area contributed by atoms with Gasteiger partial charge in [0.05, 0.1) is 5.60 Å². The monoisotopic (exact) mass is 198 g/mol. The van der Waals surface area contributed by atoms with E-state index in [9.17, 15) is 5.11 Å². The Morgan fingerprint density at radius 1 is 1.50 bits per heavy atom. The Bertz CT molecular complexity index is 241. The van der Waals surface area contributed by atoms with Crippen molar-refractivity contribution in [1.82, 2.24) is 0 Å². The summed E-state index contributed by atoms with van der Waals surface area (Å²) in [5.74, 6) is -0.833. The number of fused-ring (bicyclic) bond motifs is 2. The first-order chi connectivity index (χ1) is 6.52. The molecule has 0 saturated heterocycles. The molecule has 1 atom stereocenters. The van der Waals surface area contributed by atoms with Crippen molar-refractivity contribution in [2.75, 3.05) is 0 Å². The summed E-state index contributed by atoms with van der Waals surface area (Å²) < 4.78 is 0. The van der Waals surface area contributed by atoms with E-state index in [0.717, 1.165) is 26.2 Å². The van der Waals surface area contributed by atoms with Gasteiger partial charge >= 0.3 is 0 Å². The average molecular weight is 198 g/mol. The van der Waals surface area contributed by atoms with Crippen LogP contribution in [0.15, 0.2) is 11.6 Å². The van der Waals surface area contributed by atoms with Crippen molar-refractivity contribution in [2.45, 2.75) is 51.0 Å². The van der Waals surface area contributed by atoms with E-state index in [2.05, 4.69) is 6.08 Å². The van der Waals surface area contributed by atoms with E-state index >= 15 is 0 Å². The van der Waals surface area contributed by atoms with Crippen molar-refractivity contribution in [3.63, 3.8) is 0 Å². The average Bonchev–Trinajstić information content (AvgIpc) is 2.27. The number of rotatable bonds is 0. The Balaban J connectivity index is 0.000000213. The van der Waals surface area contributed by atoms with Gasteiger partial charge in [0.15, 0.2) is 0 Å². The van der Waals surface area contributed by atoms with Crippen molar-refractivity contribution in [1.29, 1.82) is 0 Å². The second-order valence-corrected chi connectivity index (χ2v) is 4.19. The highest BCUT2D eigenvalue weighted by molar-refractivity contribution is 5.62. The molecule has 0 aromatic rings. The molecule has 14 heavy (non-hydrogen) atoms. The molecule has 2 aliphatic rings. The van der Waals surface area contributed by atoms with Gasteiger partial charge in [0.25, 0.3) is 5.97 Å². The zero-order valence-corrected chi connectivity index (χ0v) is 8.62. The van der Waals surface area contributed by atoms with Crippen LogP contribution in [-0.2, 0) is 4.79 Å².